The summed E-state index contributed by atoms with van der Waals surface area (Å²) in [7, 11) is 0. The molecule has 0 bridgehead atoms. The number of aliphatic hydroxyl groups excluding tert-OH is 1. The van der Waals surface area contributed by atoms with Crippen molar-refractivity contribution in [2.45, 2.75) is 12.4 Å². The molecule has 0 amide bonds. The van der Waals surface area contributed by atoms with Gasteiger partial charge in [0.1, 0.15) is 6.10 Å². The lowest BCUT2D eigenvalue weighted by atomic mass is 10.4. The molecule has 0 spiro atoms. The summed E-state index contributed by atoms with van der Waals surface area (Å²) < 4.78 is 10.2. The summed E-state index contributed by atoms with van der Waals surface area (Å²) in [5, 5.41) is 9.23. The fourth-order valence-electron chi connectivity index (χ4n) is 0.685. The maximum absolute atomic E-state index is 8.56. The van der Waals surface area contributed by atoms with Crippen LogP contribution in [0, 0.1) is 0 Å². The zero-order valence-electron chi connectivity index (χ0n) is 4.92. The predicted molar refractivity (Wildman–Crippen MR) is 35.5 cm³/mol. The highest BCUT2D eigenvalue weighted by Crippen LogP contribution is 2.12. The van der Waals surface area contributed by atoms with Crippen LogP contribution in [0.2, 0.25) is 0 Å². The Balaban J connectivity index is 2.20. The van der Waals surface area contributed by atoms with E-state index in [0.29, 0.717) is 11.9 Å². The molecule has 54 valence electrons. The molecule has 1 aliphatic heterocycles. The summed E-state index contributed by atoms with van der Waals surface area (Å²) in [4.78, 5) is 0. The molecule has 0 aromatic carbocycles. The smallest absolute Gasteiger partial charge is 0.167 e. The molecule has 0 radical (unpaired) electrons. The van der Waals surface area contributed by atoms with E-state index in [1.807, 2.05) is 0 Å². The summed E-state index contributed by atoms with van der Waals surface area (Å²) in [5.41, 5.74) is 0. The minimum Gasteiger partial charge on any atom is -0.394 e. The van der Waals surface area contributed by atoms with E-state index in [9.17, 15) is 0 Å². The number of halogens is 1. The van der Waals surface area contributed by atoms with Crippen LogP contribution in [0.4, 0.5) is 0 Å². The zero-order valence-corrected chi connectivity index (χ0v) is 6.50. The van der Waals surface area contributed by atoms with Crippen LogP contribution in [0.15, 0.2) is 0 Å². The van der Waals surface area contributed by atoms with Gasteiger partial charge in [0.25, 0.3) is 0 Å². The van der Waals surface area contributed by atoms with Gasteiger partial charge in [0.05, 0.1) is 18.5 Å². The van der Waals surface area contributed by atoms with Gasteiger partial charge in [-0.1, -0.05) is 15.9 Å². The van der Waals surface area contributed by atoms with Gasteiger partial charge in [-0.15, -0.1) is 0 Å². The van der Waals surface area contributed by atoms with Crippen LogP contribution in [-0.2, 0) is 9.47 Å². The maximum atomic E-state index is 8.56. The third kappa shape index (κ3) is 1.89. The van der Waals surface area contributed by atoms with Crippen LogP contribution < -0.4 is 0 Å². The number of ether oxygens (including phenoxy) is 2. The summed E-state index contributed by atoms with van der Waals surface area (Å²) in [5.74, 6) is 0. The van der Waals surface area contributed by atoms with E-state index in [1.54, 1.807) is 0 Å². The van der Waals surface area contributed by atoms with Crippen LogP contribution in [-0.4, -0.2) is 36.0 Å². The van der Waals surface area contributed by atoms with Crippen molar-refractivity contribution in [2.75, 3.05) is 18.5 Å². The van der Waals surface area contributed by atoms with Gasteiger partial charge in [0, 0.05) is 0 Å². The highest BCUT2D eigenvalue weighted by molar-refractivity contribution is 9.09. The van der Waals surface area contributed by atoms with Gasteiger partial charge in [0.2, 0.25) is 0 Å². The lowest BCUT2D eigenvalue weighted by molar-refractivity contribution is -0.0462. The Kier molecular flexibility index (Phi) is 2.91. The summed E-state index contributed by atoms with van der Waals surface area (Å²) in [6.45, 7) is 0.552. The molecule has 0 aliphatic carbocycles. The minimum absolute atomic E-state index is 0.0451. The van der Waals surface area contributed by atoms with Crippen molar-refractivity contribution >= 4 is 15.9 Å². The summed E-state index contributed by atoms with van der Waals surface area (Å²) >= 11 is 3.20. The van der Waals surface area contributed by atoms with Crippen molar-refractivity contribution in [3.8, 4) is 0 Å². The Hall–Kier alpha value is 0.360. The van der Waals surface area contributed by atoms with Gasteiger partial charge in [-0.2, -0.15) is 0 Å². The lowest BCUT2D eigenvalue weighted by Crippen LogP contribution is -2.16. The second-order valence-electron chi connectivity index (χ2n) is 1.86. The molecule has 1 saturated heterocycles. The number of rotatable bonds is 2. The molecular weight excluding hydrogens is 188 g/mol. The maximum Gasteiger partial charge on any atom is 0.167 e. The van der Waals surface area contributed by atoms with Crippen molar-refractivity contribution in [1.82, 2.24) is 0 Å². The largest absolute Gasteiger partial charge is 0.394 e. The van der Waals surface area contributed by atoms with E-state index < -0.39 is 0 Å². The van der Waals surface area contributed by atoms with Gasteiger partial charge < -0.3 is 14.6 Å². The quantitative estimate of drug-likeness (QED) is 0.638. The third-order valence-corrected chi connectivity index (χ3v) is 1.67. The van der Waals surface area contributed by atoms with Crippen molar-refractivity contribution in [2.24, 2.45) is 0 Å². The first-order valence-electron chi connectivity index (χ1n) is 2.80. The summed E-state index contributed by atoms with van der Waals surface area (Å²) in [6.07, 6.45) is -0.283. The van der Waals surface area contributed by atoms with Gasteiger partial charge >= 0.3 is 0 Å². The van der Waals surface area contributed by atoms with Crippen LogP contribution >= 0.6 is 15.9 Å². The second kappa shape index (κ2) is 3.51. The Morgan fingerprint density at radius 3 is 2.78 bits per heavy atom. The Morgan fingerprint density at radius 2 is 2.44 bits per heavy atom. The molecule has 2 atom stereocenters. The average molecular weight is 197 g/mol. The molecule has 9 heavy (non-hydrogen) atoms. The molecule has 1 N–H and O–H groups in total. The first-order chi connectivity index (χ1) is 4.36. The highest BCUT2D eigenvalue weighted by Gasteiger charge is 2.23. The molecule has 0 aromatic rings. The van der Waals surface area contributed by atoms with Crippen LogP contribution in [0.5, 0.6) is 0 Å². The molecular formula is C5H9BrO3. The van der Waals surface area contributed by atoms with E-state index >= 15 is 0 Å². The fraction of sp³-hybridized carbons (Fsp3) is 1.00. The Bertz CT molecular complexity index is 78.3. The van der Waals surface area contributed by atoms with Gasteiger partial charge in [-0.25, -0.2) is 0 Å². The molecule has 1 aliphatic rings. The molecule has 0 aromatic heterocycles. The van der Waals surface area contributed by atoms with Crippen molar-refractivity contribution < 1.29 is 14.6 Å². The van der Waals surface area contributed by atoms with Gasteiger partial charge in [-0.3, -0.25) is 0 Å². The highest BCUT2D eigenvalue weighted by atomic mass is 79.9. The minimum atomic E-state index is -0.165. The number of hydrogen-bond acceptors (Lipinski definition) is 3. The van der Waals surface area contributed by atoms with E-state index in [2.05, 4.69) is 15.9 Å². The number of alkyl halides is 1. The first kappa shape index (κ1) is 7.47. The number of hydrogen-bond donors (Lipinski definition) is 1. The third-order valence-electron chi connectivity index (χ3n) is 1.14. The number of aliphatic hydroxyl groups is 1. The van der Waals surface area contributed by atoms with Crippen molar-refractivity contribution in [3.63, 3.8) is 0 Å². The van der Waals surface area contributed by atoms with Gasteiger partial charge in [0.15, 0.2) is 6.29 Å². The second-order valence-corrected chi connectivity index (χ2v) is 2.51. The standard InChI is InChI=1S/C5H9BrO3/c6-1-5-8-3-4(2-7)9-5/h4-5,7H,1-3H2. The molecule has 1 rings (SSSR count). The fourth-order valence-corrected chi connectivity index (χ4v) is 1.02. The topological polar surface area (TPSA) is 38.7 Å². The van der Waals surface area contributed by atoms with Crippen molar-refractivity contribution in [1.29, 1.82) is 0 Å². The zero-order chi connectivity index (χ0) is 6.69. The van der Waals surface area contributed by atoms with Crippen LogP contribution in [0.1, 0.15) is 0 Å². The Labute approximate surface area is 62.1 Å². The molecule has 1 fully saturated rings. The molecule has 4 heteroatoms. The van der Waals surface area contributed by atoms with Gasteiger partial charge in [-0.05, 0) is 0 Å². The van der Waals surface area contributed by atoms with E-state index in [0.717, 1.165) is 0 Å². The predicted octanol–water partition coefficient (Wildman–Crippen LogP) is 0.115. The Morgan fingerprint density at radius 1 is 1.67 bits per heavy atom. The SMILES string of the molecule is OCC1COC(CBr)O1. The molecule has 2 unspecified atom stereocenters. The molecule has 0 saturated carbocycles. The molecule has 3 nitrogen and oxygen atoms in total. The molecule has 1 heterocycles. The van der Waals surface area contributed by atoms with E-state index in [1.165, 1.54) is 0 Å². The van der Waals surface area contributed by atoms with Crippen LogP contribution in [0.3, 0.4) is 0 Å². The monoisotopic (exact) mass is 196 g/mol. The van der Waals surface area contributed by atoms with E-state index in [4.69, 9.17) is 14.6 Å². The van der Waals surface area contributed by atoms with Crippen LogP contribution in [0.25, 0.3) is 0 Å². The van der Waals surface area contributed by atoms with E-state index in [-0.39, 0.29) is 19.0 Å². The first-order valence-corrected chi connectivity index (χ1v) is 3.93. The normalized spacial score (nSPS) is 35.3. The summed E-state index contributed by atoms with van der Waals surface area (Å²) in [6, 6.07) is 0. The average Bonchev–Trinajstić information content (AvgIpc) is 2.34. The lowest BCUT2D eigenvalue weighted by Gasteiger charge is -2.04. The van der Waals surface area contributed by atoms with Crippen molar-refractivity contribution in [3.05, 3.63) is 0 Å².